The van der Waals surface area contributed by atoms with Crippen molar-refractivity contribution >= 4 is 23.5 Å². The summed E-state index contributed by atoms with van der Waals surface area (Å²) in [7, 11) is 0. The van der Waals surface area contributed by atoms with Gasteiger partial charge in [0.1, 0.15) is 17.6 Å². The van der Waals surface area contributed by atoms with Crippen molar-refractivity contribution in [2.24, 2.45) is 0 Å². The number of nitriles is 1. The van der Waals surface area contributed by atoms with Crippen molar-refractivity contribution < 1.29 is 9.21 Å². The molecule has 0 radical (unpaired) electrons. The Morgan fingerprint density at radius 3 is 2.74 bits per heavy atom. The molecule has 0 atom stereocenters. The Morgan fingerprint density at radius 2 is 2.03 bits per heavy atom. The Labute approximate surface area is 182 Å². The van der Waals surface area contributed by atoms with Gasteiger partial charge in [0.05, 0.1) is 29.8 Å². The van der Waals surface area contributed by atoms with Gasteiger partial charge in [-0.05, 0) is 54.1 Å². The molecule has 0 aliphatic rings. The molecule has 9 nitrogen and oxygen atoms in total. The second-order valence-corrected chi connectivity index (χ2v) is 7.70. The minimum Gasteiger partial charge on any atom is -0.467 e. The monoisotopic (exact) mass is 433 g/mol. The molecule has 1 amide bonds. The first-order chi connectivity index (χ1) is 15.1. The van der Waals surface area contributed by atoms with Crippen LogP contribution in [0, 0.1) is 25.2 Å². The molecule has 0 aliphatic carbocycles. The first-order valence-electron chi connectivity index (χ1n) is 9.47. The maximum absolute atomic E-state index is 12.7. The summed E-state index contributed by atoms with van der Waals surface area (Å²) in [5.41, 5.74) is 2.96. The molecular formula is C21H19N7O2S. The Balaban J connectivity index is 1.51. The van der Waals surface area contributed by atoms with Gasteiger partial charge in [0.15, 0.2) is 0 Å². The molecule has 0 aliphatic heterocycles. The molecule has 31 heavy (non-hydrogen) atoms. The lowest BCUT2D eigenvalue weighted by atomic mass is 10.2. The van der Waals surface area contributed by atoms with Crippen LogP contribution in [0.2, 0.25) is 0 Å². The summed E-state index contributed by atoms with van der Waals surface area (Å²) in [6, 6.07) is 15.3. The number of nitrogens with one attached hydrogen (secondary N) is 1. The second-order valence-electron chi connectivity index (χ2n) is 6.76. The van der Waals surface area contributed by atoms with Crippen LogP contribution >= 0.6 is 11.8 Å². The molecule has 0 fully saturated rings. The number of tetrazole rings is 1. The quantitative estimate of drug-likeness (QED) is 0.445. The minimum absolute atomic E-state index is 0.0854. The van der Waals surface area contributed by atoms with Gasteiger partial charge < -0.3 is 14.3 Å². The van der Waals surface area contributed by atoms with Crippen LogP contribution in [0.15, 0.2) is 58.3 Å². The van der Waals surface area contributed by atoms with Gasteiger partial charge in [-0.15, -0.1) is 5.10 Å². The van der Waals surface area contributed by atoms with Crippen molar-refractivity contribution in [2.45, 2.75) is 25.5 Å². The Kier molecular flexibility index (Phi) is 5.86. The van der Waals surface area contributed by atoms with Crippen LogP contribution in [0.3, 0.4) is 0 Å². The summed E-state index contributed by atoms with van der Waals surface area (Å²) >= 11 is 1.22. The van der Waals surface area contributed by atoms with Gasteiger partial charge in [0.25, 0.3) is 0 Å². The third-order valence-corrected chi connectivity index (χ3v) is 5.79. The molecule has 4 aromatic rings. The standard InChI is InChI=1S/C21H19N7O2S/c1-14-15(2)27(12-17-9-6-10-30-17)20(18(14)11-22)23-19(29)13-31-21-24-25-26-28(21)16-7-4-3-5-8-16/h3-10H,12-13H2,1-2H3,(H,23,29). The van der Waals surface area contributed by atoms with Crippen LogP contribution in [0.5, 0.6) is 0 Å². The van der Waals surface area contributed by atoms with Gasteiger partial charge >= 0.3 is 0 Å². The first-order valence-corrected chi connectivity index (χ1v) is 10.5. The molecule has 156 valence electrons. The number of nitrogens with zero attached hydrogens (tertiary/aromatic N) is 6. The topological polar surface area (TPSA) is 115 Å². The van der Waals surface area contributed by atoms with E-state index in [1.807, 2.05) is 54.8 Å². The largest absolute Gasteiger partial charge is 0.467 e. The molecule has 4 rings (SSSR count). The number of hydrogen-bond acceptors (Lipinski definition) is 7. The van der Waals surface area contributed by atoms with Gasteiger partial charge in [-0.3, -0.25) is 4.79 Å². The van der Waals surface area contributed by atoms with E-state index in [-0.39, 0.29) is 11.7 Å². The van der Waals surface area contributed by atoms with E-state index in [0.29, 0.717) is 23.1 Å². The van der Waals surface area contributed by atoms with E-state index in [1.165, 1.54) is 11.8 Å². The van der Waals surface area contributed by atoms with Crippen LogP contribution < -0.4 is 5.32 Å². The summed E-state index contributed by atoms with van der Waals surface area (Å²) in [6.07, 6.45) is 1.60. The van der Waals surface area contributed by atoms with Crippen molar-refractivity contribution in [1.82, 2.24) is 24.8 Å². The van der Waals surface area contributed by atoms with E-state index in [9.17, 15) is 10.1 Å². The van der Waals surface area contributed by atoms with Crippen molar-refractivity contribution in [3.05, 3.63) is 71.3 Å². The second kappa shape index (κ2) is 8.89. The molecule has 0 saturated heterocycles. The fourth-order valence-corrected chi connectivity index (χ4v) is 3.88. The van der Waals surface area contributed by atoms with Crippen molar-refractivity contribution in [2.75, 3.05) is 11.1 Å². The fourth-order valence-electron chi connectivity index (χ4n) is 3.18. The lowest BCUT2D eigenvalue weighted by Crippen LogP contribution is -2.19. The van der Waals surface area contributed by atoms with Crippen LogP contribution in [-0.2, 0) is 11.3 Å². The Bertz CT molecular complexity index is 1240. The van der Waals surface area contributed by atoms with E-state index in [2.05, 4.69) is 26.9 Å². The minimum atomic E-state index is -0.262. The average molecular weight is 433 g/mol. The Morgan fingerprint density at radius 1 is 1.23 bits per heavy atom. The van der Waals surface area contributed by atoms with Crippen LogP contribution in [0.4, 0.5) is 5.82 Å². The highest BCUT2D eigenvalue weighted by atomic mass is 32.2. The zero-order chi connectivity index (χ0) is 21.8. The van der Waals surface area contributed by atoms with E-state index < -0.39 is 0 Å². The van der Waals surface area contributed by atoms with E-state index in [4.69, 9.17) is 4.42 Å². The molecule has 10 heteroatoms. The zero-order valence-corrected chi connectivity index (χ0v) is 17.8. The van der Waals surface area contributed by atoms with Gasteiger partial charge in [-0.1, -0.05) is 30.0 Å². The normalized spacial score (nSPS) is 10.7. The van der Waals surface area contributed by atoms with Gasteiger partial charge in [0, 0.05) is 5.69 Å². The smallest absolute Gasteiger partial charge is 0.235 e. The molecule has 3 heterocycles. The third-order valence-electron chi connectivity index (χ3n) is 4.87. The number of furan rings is 1. The van der Waals surface area contributed by atoms with Crippen molar-refractivity contribution in [3.63, 3.8) is 0 Å². The number of rotatable bonds is 7. The molecule has 1 aromatic carbocycles. The van der Waals surface area contributed by atoms with Crippen molar-refractivity contribution in [1.29, 1.82) is 5.26 Å². The maximum atomic E-state index is 12.7. The van der Waals surface area contributed by atoms with E-state index >= 15 is 0 Å². The van der Waals surface area contributed by atoms with E-state index in [1.54, 1.807) is 17.0 Å². The first kappa shape index (κ1) is 20.4. The number of aromatic nitrogens is 5. The van der Waals surface area contributed by atoms with Gasteiger partial charge in [0.2, 0.25) is 11.1 Å². The summed E-state index contributed by atoms with van der Waals surface area (Å²) in [6.45, 7) is 4.19. The highest BCUT2D eigenvalue weighted by Crippen LogP contribution is 2.28. The van der Waals surface area contributed by atoms with Crippen LogP contribution in [-0.4, -0.2) is 36.4 Å². The van der Waals surface area contributed by atoms with Gasteiger partial charge in [-0.2, -0.15) is 9.94 Å². The number of carbonyl (C=O) groups is 1. The summed E-state index contributed by atoms with van der Waals surface area (Å²) in [5.74, 6) is 1.02. The number of benzene rings is 1. The summed E-state index contributed by atoms with van der Waals surface area (Å²) in [4.78, 5) is 12.7. The van der Waals surface area contributed by atoms with Crippen molar-refractivity contribution in [3.8, 4) is 11.8 Å². The maximum Gasteiger partial charge on any atom is 0.235 e. The van der Waals surface area contributed by atoms with Gasteiger partial charge in [-0.25, -0.2) is 0 Å². The zero-order valence-electron chi connectivity index (χ0n) is 16.9. The van der Waals surface area contributed by atoms with E-state index in [0.717, 1.165) is 22.7 Å². The fraction of sp³-hybridized carbons (Fsp3) is 0.190. The highest BCUT2D eigenvalue weighted by Gasteiger charge is 2.21. The van der Waals surface area contributed by atoms with Crippen LogP contribution in [0.1, 0.15) is 22.6 Å². The Hall–Kier alpha value is -3.84. The molecule has 3 aromatic heterocycles. The lowest BCUT2D eigenvalue weighted by Gasteiger charge is -2.12. The molecule has 0 saturated carbocycles. The number of carbonyl (C=O) groups excluding carboxylic acids is 1. The predicted molar refractivity (Wildman–Crippen MR) is 115 cm³/mol. The number of para-hydroxylation sites is 1. The highest BCUT2D eigenvalue weighted by molar-refractivity contribution is 7.99. The predicted octanol–water partition coefficient (Wildman–Crippen LogP) is 3.32. The molecular weight excluding hydrogens is 414 g/mol. The summed E-state index contributed by atoms with van der Waals surface area (Å²) < 4.78 is 8.90. The third kappa shape index (κ3) is 4.22. The average Bonchev–Trinajstić information content (AvgIpc) is 3.51. The van der Waals surface area contributed by atoms with Crippen LogP contribution in [0.25, 0.3) is 5.69 Å². The number of hydrogen-bond donors (Lipinski definition) is 1. The lowest BCUT2D eigenvalue weighted by molar-refractivity contribution is -0.113. The number of anilines is 1. The molecule has 1 N–H and O–H groups in total. The SMILES string of the molecule is Cc1c(C#N)c(NC(=O)CSc2nnnn2-c2ccccc2)n(Cc2ccco2)c1C. The molecule has 0 spiro atoms. The molecule has 0 unspecified atom stereocenters. The number of thioether (sulfide) groups is 1. The molecule has 0 bridgehead atoms. The number of amides is 1. The summed E-state index contributed by atoms with van der Waals surface area (Å²) in [5, 5.41) is 24.7.